The van der Waals surface area contributed by atoms with Gasteiger partial charge in [-0.05, 0) is 64.1 Å². The van der Waals surface area contributed by atoms with Crippen molar-refractivity contribution >= 4 is 39.1 Å². The Balaban J connectivity index is 1.85. The van der Waals surface area contributed by atoms with E-state index in [1.54, 1.807) is 24.5 Å². The molecule has 0 saturated carbocycles. The zero-order chi connectivity index (χ0) is 18.8. The Morgan fingerprint density at radius 3 is 2.54 bits per heavy atom. The van der Waals surface area contributed by atoms with E-state index in [1.807, 2.05) is 34.7 Å². The van der Waals surface area contributed by atoms with Crippen LogP contribution in [-0.2, 0) is 0 Å². The highest BCUT2D eigenvalue weighted by molar-refractivity contribution is 14.1. The molecule has 0 fully saturated rings. The first-order chi connectivity index (χ1) is 12.4. The summed E-state index contributed by atoms with van der Waals surface area (Å²) < 4.78 is 14.2. The van der Waals surface area contributed by atoms with Gasteiger partial charge in [0.1, 0.15) is 11.5 Å². The highest BCUT2D eigenvalue weighted by Crippen LogP contribution is 2.27. The number of fused-ring (bicyclic) bond motifs is 1. The molecule has 2 heterocycles. The van der Waals surface area contributed by atoms with Crippen molar-refractivity contribution in [3.8, 4) is 11.3 Å². The fourth-order valence-corrected chi connectivity index (χ4v) is 3.29. The van der Waals surface area contributed by atoms with E-state index in [-0.39, 0.29) is 11.6 Å². The van der Waals surface area contributed by atoms with Crippen molar-refractivity contribution in [1.29, 1.82) is 0 Å². The molecule has 5 heteroatoms. The third kappa shape index (κ3) is 3.92. The van der Waals surface area contributed by atoms with Crippen LogP contribution in [0.1, 0.15) is 37.7 Å². The number of carbonyl (C=O) groups excluding carboxylic acids is 1. The highest BCUT2D eigenvalue weighted by atomic mass is 127. The second-order valence-electron chi connectivity index (χ2n) is 6.93. The molecule has 0 radical (unpaired) electrons. The van der Waals surface area contributed by atoms with Gasteiger partial charge in [-0.25, -0.2) is 4.39 Å². The van der Waals surface area contributed by atoms with Gasteiger partial charge < -0.3 is 0 Å². The molecule has 3 rings (SSSR count). The van der Waals surface area contributed by atoms with Crippen LogP contribution in [0.4, 0.5) is 4.39 Å². The van der Waals surface area contributed by atoms with E-state index >= 15 is 0 Å². The van der Waals surface area contributed by atoms with E-state index in [4.69, 9.17) is 0 Å². The minimum absolute atomic E-state index is 0.0641. The minimum Gasteiger partial charge on any atom is -0.292 e. The molecular formula is C21H20FIN2O. The summed E-state index contributed by atoms with van der Waals surface area (Å²) in [6.45, 7) is 6.32. The summed E-state index contributed by atoms with van der Waals surface area (Å²) in [5, 5.41) is 1.71. The maximum absolute atomic E-state index is 13.7. The third-order valence-corrected chi connectivity index (χ3v) is 5.88. The topological polar surface area (TPSA) is 42.9 Å². The highest BCUT2D eigenvalue weighted by Gasteiger charge is 2.15. The molecule has 1 atom stereocenters. The van der Waals surface area contributed by atoms with Gasteiger partial charge in [-0.15, -0.1) is 0 Å². The van der Waals surface area contributed by atoms with Crippen LogP contribution >= 0.6 is 22.6 Å². The summed E-state index contributed by atoms with van der Waals surface area (Å²) >= 11 is 1.99. The number of halogens is 2. The molecule has 134 valence electrons. The Morgan fingerprint density at radius 1 is 1.12 bits per heavy atom. The first kappa shape index (κ1) is 18.9. The number of nitrogens with zero attached hydrogens (tertiary/aromatic N) is 2. The number of rotatable bonds is 5. The third-order valence-electron chi connectivity index (χ3n) is 4.78. The molecule has 0 spiro atoms. The van der Waals surface area contributed by atoms with E-state index in [9.17, 15) is 9.18 Å². The number of carbonyl (C=O) groups is 1. The Bertz CT molecular complexity index is 954. The largest absolute Gasteiger partial charge is 0.292 e. The number of benzene rings is 1. The monoisotopic (exact) mass is 462 g/mol. The SMILES string of the molecule is CC(C)[C@H](C)CC(=O)c1ccc(-c2cc3ccc(F)c(I)c3cn2)cn1. The van der Waals surface area contributed by atoms with Gasteiger partial charge >= 0.3 is 0 Å². The summed E-state index contributed by atoms with van der Waals surface area (Å²) in [5.74, 6) is 0.615. The molecular weight excluding hydrogens is 442 g/mol. The molecule has 0 aliphatic heterocycles. The van der Waals surface area contributed by atoms with Gasteiger partial charge in [0.2, 0.25) is 0 Å². The van der Waals surface area contributed by atoms with Gasteiger partial charge in [0.25, 0.3) is 0 Å². The van der Waals surface area contributed by atoms with Crippen LogP contribution < -0.4 is 0 Å². The Hall–Kier alpha value is -1.89. The fourth-order valence-electron chi connectivity index (χ4n) is 2.66. The van der Waals surface area contributed by atoms with Crippen molar-refractivity contribution in [2.45, 2.75) is 27.2 Å². The number of pyridine rings is 2. The lowest BCUT2D eigenvalue weighted by atomic mass is 9.92. The van der Waals surface area contributed by atoms with Crippen molar-refractivity contribution < 1.29 is 9.18 Å². The summed E-state index contributed by atoms with van der Waals surface area (Å²) in [4.78, 5) is 21.1. The van der Waals surface area contributed by atoms with Gasteiger partial charge in [0.15, 0.2) is 5.78 Å². The molecule has 0 unspecified atom stereocenters. The Labute approximate surface area is 166 Å². The van der Waals surface area contributed by atoms with Crippen LogP contribution in [0.2, 0.25) is 0 Å². The molecule has 0 saturated heterocycles. The van der Waals surface area contributed by atoms with Crippen LogP contribution in [0.25, 0.3) is 22.0 Å². The maximum atomic E-state index is 13.7. The van der Waals surface area contributed by atoms with Crippen LogP contribution in [0, 0.1) is 21.2 Å². The summed E-state index contributed by atoms with van der Waals surface area (Å²) in [5.41, 5.74) is 2.07. The van der Waals surface area contributed by atoms with Gasteiger partial charge in [0.05, 0.1) is 9.26 Å². The molecule has 26 heavy (non-hydrogen) atoms. The molecule has 0 aliphatic rings. The lowest BCUT2D eigenvalue weighted by Gasteiger charge is -2.14. The predicted molar refractivity (Wildman–Crippen MR) is 111 cm³/mol. The predicted octanol–water partition coefficient (Wildman–Crippen LogP) is 5.91. The van der Waals surface area contributed by atoms with E-state index < -0.39 is 0 Å². The number of hydrogen-bond acceptors (Lipinski definition) is 3. The molecule has 0 N–H and O–H groups in total. The maximum Gasteiger partial charge on any atom is 0.181 e. The van der Waals surface area contributed by atoms with Crippen molar-refractivity contribution in [2.75, 3.05) is 0 Å². The van der Waals surface area contributed by atoms with E-state index in [0.717, 1.165) is 22.0 Å². The minimum atomic E-state index is -0.243. The lowest BCUT2D eigenvalue weighted by Crippen LogP contribution is -2.12. The van der Waals surface area contributed by atoms with Gasteiger partial charge in [-0.1, -0.05) is 26.8 Å². The smallest absolute Gasteiger partial charge is 0.181 e. The van der Waals surface area contributed by atoms with Gasteiger partial charge in [0, 0.05) is 29.8 Å². The number of hydrogen-bond donors (Lipinski definition) is 0. The average Bonchev–Trinajstić information content (AvgIpc) is 2.64. The number of aromatic nitrogens is 2. The van der Waals surface area contributed by atoms with Crippen LogP contribution in [0.5, 0.6) is 0 Å². The van der Waals surface area contributed by atoms with E-state index in [2.05, 4.69) is 30.7 Å². The Morgan fingerprint density at radius 2 is 1.88 bits per heavy atom. The standard InChI is InChI=1S/C21H20FIN2O/c1-12(2)13(3)8-20(26)18-7-5-15(10-24-18)19-9-14-4-6-17(22)21(23)16(14)11-25-19/h4-7,9-13H,8H2,1-3H3/t13-/m1/s1. The fraction of sp³-hybridized carbons (Fsp3) is 0.286. The first-order valence-electron chi connectivity index (χ1n) is 8.60. The zero-order valence-corrected chi connectivity index (χ0v) is 17.1. The zero-order valence-electron chi connectivity index (χ0n) is 15.0. The summed E-state index contributed by atoms with van der Waals surface area (Å²) in [7, 11) is 0. The summed E-state index contributed by atoms with van der Waals surface area (Å²) in [6.07, 6.45) is 3.86. The van der Waals surface area contributed by atoms with Crippen LogP contribution in [-0.4, -0.2) is 15.8 Å². The van der Waals surface area contributed by atoms with Crippen molar-refractivity contribution in [1.82, 2.24) is 9.97 Å². The Kier molecular flexibility index (Phi) is 5.65. The second-order valence-corrected chi connectivity index (χ2v) is 8.01. The van der Waals surface area contributed by atoms with Crippen molar-refractivity contribution in [3.63, 3.8) is 0 Å². The van der Waals surface area contributed by atoms with Crippen LogP contribution in [0.15, 0.2) is 42.7 Å². The number of Topliss-reactive ketones (excluding diaryl/α,β-unsaturated/α-hetero) is 1. The molecule has 3 nitrogen and oxygen atoms in total. The lowest BCUT2D eigenvalue weighted by molar-refractivity contribution is 0.0949. The second kappa shape index (κ2) is 7.78. The van der Waals surface area contributed by atoms with Gasteiger partial charge in [-0.3, -0.25) is 14.8 Å². The first-order valence-corrected chi connectivity index (χ1v) is 9.68. The molecule has 3 aromatic rings. The molecule has 2 aromatic heterocycles. The van der Waals surface area contributed by atoms with Crippen molar-refractivity contribution in [2.24, 2.45) is 11.8 Å². The average molecular weight is 462 g/mol. The van der Waals surface area contributed by atoms with E-state index in [0.29, 0.717) is 27.5 Å². The van der Waals surface area contributed by atoms with Crippen molar-refractivity contribution in [3.05, 3.63) is 57.8 Å². The molecule has 0 bridgehead atoms. The van der Waals surface area contributed by atoms with E-state index in [1.165, 1.54) is 6.07 Å². The molecule has 1 aromatic carbocycles. The normalized spacial score (nSPS) is 12.5. The molecule has 0 aliphatic carbocycles. The molecule has 0 amide bonds. The summed E-state index contributed by atoms with van der Waals surface area (Å²) in [6, 6.07) is 8.74. The van der Waals surface area contributed by atoms with Gasteiger partial charge in [-0.2, -0.15) is 0 Å². The van der Waals surface area contributed by atoms with Crippen LogP contribution in [0.3, 0.4) is 0 Å². The quantitative estimate of drug-likeness (QED) is 0.350. The number of ketones is 1.